The van der Waals surface area contributed by atoms with Crippen LogP contribution in [-0.4, -0.2) is 69.5 Å². The van der Waals surface area contributed by atoms with Crippen LogP contribution in [0.4, 0.5) is 0 Å². The minimum Gasteiger partial charge on any atom is -0.388 e. The van der Waals surface area contributed by atoms with E-state index in [9.17, 15) is 4.79 Å². The fourth-order valence-corrected chi connectivity index (χ4v) is 3.07. The molecule has 2 rings (SSSR count). The molecule has 0 saturated carbocycles. The van der Waals surface area contributed by atoms with E-state index < -0.39 is 0 Å². The summed E-state index contributed by atoms with van der Waals surface area (Å²) in [5.41, 5.74) is 0. The van der Waals surface area contributed by atoms with E-state index in [-0.39, 0.29) is 5.91 Å². The number of nitrogens with one attached hydrogen (secondary N) is 1. The van der Waals surface area contributed by atoms with Crippen molar-refractivity contribution in [3.05, 3.63) is 0 Å². The van der Waals surface area contributed by atoms with Crippen LogP contribution >= 0.6 is 0 Å². The summed E-state index contributed by atoms with van der Waals surface area (Å²) in [4.78, 5) is 13.9. The summed E-state index contributed by atoms with van der Waals surface area (Å²) in [5.74, 6) is 0.223. The Hall–Kier alpha value is -0.0775. The third kappa shape index (κ3) is 2.12. The highest BCUT2D eigenvalue weighted by atomic mass is 27.1. The van der Waals surface area contributed by atoms with Crippen LogP contribution in [0.5, 0.6) is 0 Å². The summed E-state index contributed by atoms with van der Waals surface area (Å²) in [6, 6.07) is 0.959. The second kappa shape index (κ2) is 4.20. The van der Waals surface area contributed by atoms with Crippen LogP contribution in [0.15, 0.2) is 0 Å². The molecule has 2 fully saturated rings. The van der Waals surface area contributed by atoms with E-state index in [4.69, 9.17) is 0 Å². The lowest BCUT2D eigenvalue weighted by Gasteiger charge is -2.42. The van der Waals surface area contributed by atoms with E-state index in [0.29, 0.717) is 18.5 Å². The van der Waals surface area contributed by atoms with Crippen LogP contribution in [-0.2, 0) is 4.79 Å². The summed E-state index contributed by atoms with van der Waals surface area (Å²) in [6.07, 6.45) is 0.684. The quantitative estimate of drug-likeness (QED) is 0.492. The van der Waals surface area contributed by atoms with Crippen LogP contribution in [0.25, 0.3) is 0 Å². The molecule has 2 atom stereocenters. The summed E-state index contributed by atoms with van der Waals surface area (Å²) in [5, 5.41) is 2.98. The first-order chi connectivity index (χ1) is 6.66. The molecule has 0 bridgehead atoms. The van der Waals surface area contributed by atoms with Gasteiger partial charge in [0.15, 0.2) is 0 Å². The summed E-state index contributed by atoms with van der Waals surface area (Å²) >= 11 is 1.12. The number of carbonyl (C=O) groups excluding carboxylic acids is 1. The maximum Gasteiger partial charge on any atom is 0.321 e. The highest BCUT2D eigenvalue weighted by Gasteiger charge is 2.32. The van der Waals surface area contributed by atoms with Crippen LogP contribution < -0.4 is 5.32 Å². The smallest absolute Gasteiger partial charge is 0.321 e. The molecule has 5 heteroatoms. The molecule has 1 amide bonds. The van der Waals surface area contributed by atoms with Crippen LogP contribution in [0.2, 0.25) is 0 Å². The Labute approximate surface area is 93.3 Å². The molecule has 2 saturated heterocycles. The van der Waals surface area contributed by atoms with Gasteiger partial charge in [0.05, 0.1) is 0 Å². The Morgan fingerprint density at radius 2 is 2.29 bits per heavy atom. The summed E-state index contributed by atoms with van der Waals surface area (Å²) in [6.45, 7) is 6.42. The van der Waals surface area contributed by atoms with Crippen molar-refractivity contribution < 1.29 is 4.79 Å². The van der Waals surface area contributed by atoms with E-state index >= 15 is 0 Å². The van der Waals surface area contributed by atoms with E-state index in [0.717, 1.165) is 36.1 Å². The van der Waals surface area contributed by atoms with Crippen molar-refractivity contribution in [3.63, 3.8) is 0 Å². The number of amides is 1. The monoisotopic (exact) mass is 211 g/mol. The van der Waals surface area contributed by atoms with E-state index in [1.54, 1.807) is 0 Å². The summed E-state index contributed by atoms with van der Waals surface area (Å²) in [7, 11) is 0. The predicted molar refractivity (Wildman–Crippen MR) is 57.7 cm³/mol. The van der Waals surface area contributed by atoms with Gasteiger partial charge in [-0.05, 0) is 20.0 Å². The van der Waals surface area contributed by atoms with Crippen molar-refractivity contribution in [1.29, 1.82) is 0 Å². The van der Waals surface area contributed by atoms with Gasteiger partial charge in [0.25, 0.3) is 0 Å². The van der Waals surface area contributed by atoms with Crippen molar-refractivity contribution in [2.75, 3.05) is 26.2 Å². The number of nitrogens with zero attached hydrogens (tertiary/aromatic N) is 2. The van der Waals surface area contributed by atoms with Crippen molar-refractivity contribution in [2.24, 2.45) is 0 Å². The van der Waals surface area contributed by atoms with Gasteiger partial charge < -0.3 is 9.20 Å². The molecule has 0 aromatic rings. The van der Waals surface area contributed by atoms with Gasteiger partial charge in [0, 0.05) is 31.6 Å². The van der Waals surface area contributed by atoms with Gasteiger partial charge in [0.1, 0.15) is 0 Å². The third-order valence-electron chi connectivity index (χ3n) is 3.31. The number of hydrogen-bond acceptors (Lipinski definition) is 3. The van der Waals surface area contributed by atoms with Gasteiger partial charge in [-0.3, -0.25) is 9.69 Å². The highest BCUT2D eigenvalue weighted by Crippen LogP contribution is 2.16. The predicted octanol–water partition coefficient (Wildman–Crippen LogP) is -1.57. The van der Waals surface area contributed by atoms with Crippen LogP contribution in [0.3, 0.4) is 0 Å². The Balaban J connectivity index is 2.09. The standard InChI is InChI=1S/C9H16N3O.Al.2H/c1-7-5-11-9(13)4-8-6-10-2-3-12(7)8;;;/h7-8H,2-6H2,1H3,(H,11,13);;;/q-1;+1;;/t7-,8?;;;/m1.../s1. The van der Waals surface area contributed by atoms with Gasteiger partial charge in [-0.25, -0.2) is 0 Å². The van der Waals surface area contributed by atoms with E-state index in [1.807, 2.05) is 0 Å². The Kier molecular flexibility index (Phi) is 3.13. The lowest BCUT2D eigenvalue weighted by Crippen LogP contribution is -2.55. The lowest BCUT2D eigenvalue weighted by molar-refractivity contribution is -0.121. The molecule has 0 aromatic heterocycles. The maximum atomic E-state index is 11.4. The van der Waals surface area contributed by atoms with Crippen LogP contribution in [0, 0.1) is 0 Å². The number of piperazine rings is 1. The van der Waals surface area contributed by atoms with Crippen LogP contribution in [0.1, 0.15) is 13.3 Å². The van der Waals surface area contributed by atoms with Crippen molar-refractivity contribution in [1.82, 2.24) is 14.1 Å². The maximum absolute atomic E-state index is 11.4. The molecule has 2 heterocycles. The van der Waals surface area contributed by atoms with Crippen molar-refractivity contribution in [2.45, 2.75) is 25.4 Å². The number of fused-ring (bicyclic) bond motifs is 1. The van der Waals surface area contributed by atoms with Gasteiger partial charge in [-0.2, -0.15) is 0 Å². The van der Waals surface area contributed by atoms with Gasteiger partial charge in [0.2, 0.25) is 5.91 Å². The van der Waals surface area contributed by atoms with Crippen molar-refractivity contribution >= 4 is 22.4 Å². The minimum atomic E-state index is 0.223. The molecule has 0 radical (unpaired) electrons. The molecule has 0 spiro atoms. The zero-order valence-corrected chi connectivity index (χ0v) is 11.0. The fourth-order valence-electron chi connectivity index (χ4n) is 2.45. The zero-order chi connectivity index (χ0) is 10.1. The molecule has 78 valence electrons. The molecule has 0 aliphatic carbocycles. The number of carbonyl (C=O) groups is 1. The van der Waals surface area contributed by atoms with E-state index in [2.05, 4.69) is 21.0 Å². The first-order valence-electron chi connectivity index (χ1n) is 5.38. The Bertz CT molecular complexity index is 236. The molecule has 2 aliphatic rings. The number of rotatable bonds is 0. The van der Waals surface area contributed by atoms with Gasteiger partial charge in [-0.1, -0.05) is 0 Å². The molecule has 1 unspecified atom stereocenters. The van der Waals surface area contributed by atoms with Gasteiger partial charge in [-0.15, -0.1) is 0 Å². The van der Waals surface area contributed by atoms with Gasteiger partial charge >= 0.3 is 16.5 Å². The summed E-state index contributed by atoms with van der Waals surface area (Å²) < 4.78 is 2.45. The minimum absolute atomic E-state index is 0.223. The zero-order valence-electron chi connectivity index (χ0n) is 8.99. The van der Waals surface area contributed by atoms with Crippen molar-refractivity contribution in [3.8, 4) is 0 Å². The molecule has 1 N–H and O–H groups in total. The highest BCUT2D eigenvalue weighted by molar-refractivity contribution is 6.04. The topological polar surface area (TPSA) is 35.6 Å². The molecule has 0 aromatic carbocycles. The average Bonchev–Trinajstić information content (AvgIpc) is 2.26. The number of hydrogen-bond donors (Lipinski definition) is 1. The molecular weight excluding hydrogens is 193 g/mol. The molecule has 2 aliphatic heterocycles. The Morgan fingerprint density at radius 1 is 1.50 bits per heavy atom. The first-order valence-corrected chi connectivity index (χ1v) is 6.27. The SMILES string of the molecule is C[C@@H]1CNC(=O)CC2C[N]([AlH2])CCN21. The lowest BCUT2D eigenvalue weighted by atomic mass is 10.1. The fraction of sp³-hybridized carbons (Fsp3) is 0.889. The van der Waals surface area contributed by atoms with E-state index in [1.165, 1.54) is 6.54 Å². The molecule has 14 heavy (non-hydrogen) atoms. The second-order valence-corrected chi connectivity index (χ2v) is 5.78. The average molecular weight is 211 g/mol. The largest absolute Gasteiger partial charge is 0.388 e. The Morgan fingerprint density at radius 3 is 3.07 bits per heavy atom. The first kappa shape index (κ1) is 10.4. The second-order valence-electron chi connectivity index (χ2n) is 4.51. The third-order valence-corrected chi connectivity index (χ3v) is 4.13. The molecule has 4 nitrogen and oxygen atoms in total. The normalized spacial score (nSPS) is 35.9. The molecular formula is C9H18AlN3O.